The van der Waals surface area contributed by atoms with Gasteiger partial charge in [-0.2, -0.15) is 0 Å². The maximum absolute atomic E-state index is 11.4. The van der Waals surface area contributed by atoms with E-state index in [4.69, 9.17) is 4.74 Å². The van der Waals surface area contributed by atoms with Crippen LogP contribution in [-0.4, -0.2) is 43.3 Å². The Labute approximate surface area is 116 Å². The fourth-order valence-corrected chi connectivity index (χ4v) is 1.55. The van der Waals surface area contributed by atoms with Crippen molar-refractivity contribution in [3.8, 4) is 0 Å². The van der Waals surface area contributed by atoms with Crippen LogP contribution in [0.2, 0.25) is 0 Å². The van der Waals surface area contributed by atoms with E-state index >= 15 is 0 Å². The van der Waals surface area contributed by atoms with E-state index in [1.165, 1.54) is 0 Å². The molecule has 0 N–H and O–H groups in total. The van der Waals surface area contributed by atoms with Crippen molar-refractivity contribution in [1.82, 2.24) is 4.90 Å². The first-order chi connectivity index (χ1) is 9.09. The van der Waals surface area contributed by atoms with Crippen LogP contribution in [0.25, 0.3) is 0 Å². The van der Waals surface area contributed by atoms with Crippen molar-refractivity contribution in [2.24, 2.45) is 4.99 Å². The lowest BCUT2D eigenvalue weighted by molar-refractivity contribution is -0.142. The first-order valence-electron chi connectivity index (χ1n) is 6.82. The van der Waals surface area contributed by atoms with Crippen LogP contribution < -0.4 is 0 Å². The van der Waals surface area contributed by atoms with Crippen molar-refractivity contribution in [3.63, 3.8) is 0 Å². The van der Waals surface area contributed by atoms with Gasteiger partial charge in [0.05, 0.1) is 6.61 Å². The van der Waals surface area contributed by atoms with E-state index in [1.807, 2.05) is 25.7 Å². The predicted octanol–water partition coefficient (Wildman–Crippen LogP) is 2.81. The summed E-state index contributed by atoms with van der Waals surface area (Å²) < 4.78 is 5.06. The molecule has 0 atom stereocenters. The number of carbonyl (C=O) groups excluding carboxylic acids is 1. The summed E-state index contributed by atoms with van der Waals surface area (Å²) >= 11 is 0. The van der Waals surface area contributed by atoms with Crippen LogP contribution in [-0.2, 0) is 9.53 Å². The number of hydrogen-bond donors (Lipinski definition) is 0. The second-order valence-electron chi connectivity index (χ2n) is 4.19. The smallest absolute Gasteiger partial charge is 0.248 e. The van der Waals surface area contributed by atoms with E-state index in [1.54, 1.807) is 6.21 Å². The van der Waals surface area contributed by atoms with E-state index in [0.29, 0.717) is 13.2 Å². The van der Waals surface area contributed by atoms with Gasteiger partial charge in [-0.05, 0) is 25.3 Å². The molecule has 0 bridgehead atoms. The van der Waals surface area contributed by atoms with Crippen LogP contribution in [0.3, 0.4) is 0 Å². The van der Waals surface area contributed by atoms with Gasteiger partial charge < -0.3 is 9.64 Å². The highest BCUT2D eigenvalue weighted by Crippen LogP contribution is 2.05. The molecule has 0 aromatic rings. The summed E-state index contributed by atoms with van der Waals surface area (Å²) in [6.07, 6.45) is 3.50. The van der Waals surface area contributed by atoms with Crippen molar-refractivity contribution in [2.75, 3.05) is 26.3 Å². The summed E-state index contributed by atoms with van der Waals surface area (Å²) in [5.74, 6) is 0.0810. The van der Waals surface area contributed by atoms with E-state index in [2.05, 4.69) is 18.2 Å². The molecule has 0 aromatic heterocycles. The molecule has 19 heavy (non-hydrogen) atoms. The number of rotatable bonds is 6. The summed E-state index contributed by atoms with van der Waals surface area (Å²) in [6, 6.07) is 0. The van der Waals surface area contributed by atoms with E-state index < -0.39 is 0 Å². The number of amides is 1. The quantitative estimate of drug-likeness (QED) is 0.694. The predicted molar refractivity (Wildman–Crippen MR) is 80.4 cm³/mol. The van der Waals surface area contributed by atoms with Gasteiger partial charge in [0.25, 0.3) is 0 Å². The molecule has 1 amide bonds. The summed E-state index contributed by atoms with van der Waals surface area (Å²) in [5, 5.41) is 0. The average Bonchev–Trinajstić information content (AvgIpc) is 2.41. The van der Waals surface area contributed by atoms with Crippen molar-refractivity contribution < 1.29 is 9.53 Å². The Kier molecular flexibility index (Phi) is 9.71. The number of allylic oxidation sites excluding steroid dienone is 2. The van der Waals surface area contributed by atoms with Crippen LogP contribution >= 0.6 is 0 Å². The molecule has 0 unspecified atom stereocenters. The minimum absolute atomic E-state index is 0.0810. The van der Waals surface area contributed by atoms with Gasteiger partial charge in [0.2, 0.25) is 5.91 Å². The van der Waals surface area contributed by atoms with E-state index in [0.717, 1.165) is 30.7 Å². The van der Waals surface area contributed by atoms with Gasteiger partial charge in [0, 0.05) is 25.0 Å². The lowest BCUT2D eigenvalue weighted by Crippen LogP contribution is -2.42. The Morgan fingerprint density at radius 1 is 1.47 bits per heavy atom. The summed E-state index contributed by atoms with van der Waals surface area (Å²) in [5.41, 5.74) is 1.74. The summed E-state index contributed by atoms with van der Waals surface area (Å²) in [4.78, 5) is 17.4. The standard InChI is InChI=1S/C13H20N2O2.C2H6/c1-11(2)14-9-12(3)5-4-6-15-7-8-17-10-13(15)16;1-2/h9H,1,3-8,10H2,2H3;1-2H3. The summed E-state index contributed by atoms with van der Waals surface area (Å²) in [7, 11) is 0. The van der Waals surface area contributed by atoms with Gasteiger partial charge >= 0.3 is 0 Å². The highest BCUT2D eigenvalue weighted by atomic mass is 16.5. The number of aliphatic imine (C=N–C) groups is 1. The number of ether oxygens (including phenoxy) is 1. The maximum Gasteiger partial charge on any atom is 0.248 e. The molecular formula is C15H26N2O2. The third-order valence-corrected chi connectivity index (χ3v) is 2.48. The lowest BCUT2D eigenvalue weighted by Gasteiger charge is -2.26. The molecule has 0 spiro atoms. The highest BCUT2D eigenvalue weighted by Gasteiger charge is 2.17. The fourth-order valence-electron chi connectivity index (χ4n) is 1.55. The molecule has 1 aliphatic heterocycles. The molecule has 1 fully saturated rings. The van der Waals surface area contributed by atoms with Crippen LogP contribution in [0.5, 0.6) is 0 Å². The van der Waals surface area contributed by atoms with Gasteiger partial charge in [-0.25, -0.2) is 0 Å². The topological polar surface area (TPSA) is 41.9 Å². The average molecular weight is 266 g/mol. The Bertz CT molecular complexity index is 335. The zero-order chi connectivity index (χ0) is 14.7. The number of morpholine rings is 1. The zero-order valence-corrected chi connectivity index (χ0v) is 12.4. The number of hydrogen-bond acceptors (Lipinski definition) is 3. The Hall–Kier alpha value is -1.42. The Morgan fingerprint density at radius 3 is 2.74 bits per heavy atom. The van der Waals surface area contributed by atoms with Gasteiger partial charge in [0.15, 0.2) is 0 Å². The van der Waals surface area contributed by atoms with Crippen molar-refractivity contribution >= 4 is 12.1 Å². The number of nitrogens with zero attached hydrogens (tertiary/aromatic N) is 2. The second-order valence-corrected chi connectivity index (χ2v) is 4.19. The van der Waals surface area contributed by atoms with Crippen LogP contribution in [0.1, 0.15) is 33.6 Å². The second kappa shape index (κ2) is 10.5. The maximum atomic E-state index is 11.4. The molecule has 4 heteroatoms. The molecule has 0 aliphatic carbocycles. The van der Waals surface area contributed by atoms with Gasteiger partial charge in [-0.15, -0.1) is 0 Å². The molecule has 1 heterocycles. The van der Waals surface area contributed by atoms with Crippen molar-refractivity contribution in [2.45, 2.75) is 33.6 Å². The number of carbonyl (C=O) groups is 1. The molecule has 1 aliphatic rings. The summed E-state index contributed by atoms with van der Waals surface area (Å²) in [6.45, 7) is 15.8. The van der Waals surface area contributed by atoms with Gasteiger partial charge in [-0.3, -0.25) is 9.79 Å². The third-order valence-electron chi connectivity index (χ3n) is 2.48. The molecule has 0 aromatic carbocycles. The Morgan fingerprint density at radius 2 is 2.16 bits per heavy atom. The van der Waals surface area contributed by atoms with Crippen LogP contribution in [0.4, 0.5) is 0 Å². The lowest BCUT2D eigenvalue weighted by atomic mass is 10.1. The first kappa shape index (κ1) is 17.6. The monoisotopic (exact) mass is 266 g/mol. The van der Waals surface area contributed by atoms with Crippen LogP contribution in [0, 0.1) is 0 Å². The van der Waals surface area contributed by atoms with Crippen molar-refractivity contribution in [1.29, 1.82) is 0 Å². The normalized spacial score (nSPS) is 15.1. The Balaban J connectivity index is 0.00000154. The highest BCUT2D eigenvalue weighted by molar-refractivity contribution is 5.79. The van der Waals surface area contributed by atoms with Crippen molar-refractivity contribution in [3.05, 3.63) is 24.4 Å². The minimum atomic E-state index is 0.0810. The first-order valence-corrected chi connectivity index (χ1v) is 6.82. The zero-order valence-electron chi connectivity index (χ0n) is 12.4. The molecule has 4 nitrogen and oxygen atoms in total. The fraction of sp³-hybridized carbons (Fsp3) is 0.600. The third kappa shape index (κ3) is 8.32. The van der Waals surface area contributed by atoms with Gasteiger partial charge in [0.1, 0.15) is 6.61 Å². The largest absolute Gasteiger partial charge is 0.370 e. The molecule has 0 saturated carbocycles. The molecule has 1 saturated heterocycles. The minimum Gasteiger partial charge on any atom is -0.370 e. The van der Waals surface area contributed by atoms with Gasteiger partial charge in [-0.1, -0.05) is 27.0 Å². The molecule has 108 valence electrons. The van der Waals surface area contributed by atoms with Crippen LogP contribution in [0.15, 0.2) is 29.4 Å². The van der Waals surface area contributed by atoms with E-state index in [-0.39, 0.29) is 12.5 Å². The molecule has 0 radical (unpaired) electrons. The molecule has 1 rings (SSSR count). The SMILES string of the molecule is C=C(C=NC(=C)C)CCCN1CCOCC1=O.CC. The van der Waals surface area contributed by atoms with E-state index in [9.17, 15) is 4.79 Å². The molecular weight excluding hydrogens is 240 g/mol.